The van der Waals surface area contributed by atoms with Crippen LogP contribution < -0.4 is 0 Å². The zero-order valence-corrected chi connectivity index (χ0v) is 10.5. The SMILES string of the molecule is N#Cc1ccc(-c2cc(C(=O)O)ccc2C(F)(F)F)cc1. The molecule has 106 valence electrons. The lowest BCUT2D eigenvalue weighted by molar-refractivity contribution is -0.137. The van der Waals surface area contributed by atoms with Gasteiger partial charge in [0.1, 0.15) is 0 Å². The van der Waals surface area contributed by atoms with E-state index in [0.717, 1.165) is 18.2 Å². The first-order chi connectivity index (χ1) is 9.82. The molecule has 21 heavy (non-hydrogen) atoms. The first-order valence-corrected chi connectivity index (χ1v) is 5.78. The number of carbonyl (C=O) groups is 1. The Morgan fingerprint density at radius 1 is 1.10 bits per heavy atom. The summed E-state index contributed by atoms with van der Waals surface area (Å²) >= 11 is 0. The first kappa shape index (κ1) is 14.6. The normalized spacial score (nSPS) is 11.0. The summed E-state index contributed by atoms with van der Waals surface area (Å²) in [5.41, 5.74) is -0.877. The number of halogens is 3. The highest BCUT2D eigenvalue weighted by Crippen LogP contribution is 2.37. The summed E-state index contributed by atoms with van der Waals surface area (Å²) in [4.78, 5) is 10.9. The summed E-state index contributed by atoms with van der Waals surface area (Å²) in [6.45, 7) is 0. The van der Waals surface area contributed by atoms with E-state index < -0.39 is 17.7 Å². The maximum absolute atomic E-state index is 13.0. The number of hydrogen-bond acceptors (Lipinski definition) is 2. The van der Waals surface area contributed by atoms with Crippen molar-refractivity contribution >= 4 is 5.97 Å². The highest BCUT2D eigenvalue weighted by atomic mass is 19.4. The Balaban J connectivity index is 2.65. The molecule has 0 aromatic heterocycles. The quantitative estimate of drug-likeness (QED) is 0.911. The number of alkyl halides is 3. The van der Waals surface area contributed by atoms with Crippen LogP contribution in [0.15, 0.2) is 42.5 Å². The van der Waals surface area contributed by atoms with Crippen LogP contribution in [-0.4, -0.2) is 11.1 Å². The van der Waals surface area contributed by atoms with Crippen LogP contribution >= 0.6 is 0 Å². The molecule has 2 aromatic rings. The number of aromatic carboxylic acids is 1. The molecular weight excluding hydrogens is 283 g/mol. The molecule has 1 N–H and O–H groups in total. The fourth-order valence-electron chi connectivity index (χ4n) is 1.89. The minimum atomic E-state index is -4.60. The fourth-order valence-corrected chi connectivity index (χ4v) is 1.89. The van der Waals surface area contributed by atoms with Gasteiger partial charge in [-0.1, -0.05) is 12.1 Å². The zero-order chi connectivity index (χ0) is 15.6. The Labute approximate surface area is 117 Å². The monoisotopic (exact) mass is 291 g/mol. The van der Waals surface area contributed by atoms with Crippen molar-refractivity contribution < 1.29 is 23.1 Å². The van der Waals surface area contributed by atoms with Crippen molar-refractivity contribution in [2.24, 2.45) is 0 Å². The van der Waals surface area contributed by atoms with Crippen molar-refractivity contribution in [1.82, 2.24) is 0 Å². The van der Waals surface area contributed by atoms with Crippen molar-refractivity contribution in [2.45, 2.75) is 6.18 Å². The summed E-state index contributed by atoms with van der Waals surface area (Å²) in [5, 5.41) is 17.6. The molecule has 6 heteroatoms. The molecule has 0 saturated heterocycles. The van der Waals surface area contributed by atoms with Crippen LogP contribution in [0.4, 0.5) is 13.2 Å². The third-order valence-corrected chi connectivity index (χ3v) is 2.90. The Morgan fingerprint density at radius 3 is 2.19 bits per heavy atom. The summed E-state index contributed by atoms with van der Waals surface area (Å²) in [5.74, 6) is -1.31. The van der Waals surface area contributed by atoms with E-state index in [4.69, 9.17) is 10.4 Å². The van der Waals surface area contributed by atoms with Crippen molar-refractivity contribution in [3.63, 3.8) is 0 Å². The molecule has 0 bridgehead atoms. The smallest absolute Gasteiger partial charge is 0.417 e. The van der Waals surface area contributed by atoms with Crippen LogP contribution in [0.1, 0.15) is 21.5 Å². The number of nitrogens with zero attached hydrogens (tertiary/aromatic N) is 1. The van der Waals surface area contributed by atoms with Crippen molar-refractivity contribution in [3.8, 4) is 17.2 Å². The van der Waals surface area contributed by atoms with E-state index in [-0.39, 0.29) is 16.7 Å². The average molecular weight is 291 g/mol. The highest BCUT2D eigenvalue weighted by Gasteiger charge is 2.34. The second kappa shape index (κ2) is 5.29. The maximum atomic E-state index is 13.0. The predicted octanol–water partition coefficient (Wildman–Crippen LogP) is 3.94. The topological polar surface area (TPSA) is 61.1 Å². The lowest BCUT2D eigenvalue weighted by Gasteiger charge is -2.14. The van der Waals surface area contributed by atoms with Crippen molar-refractivity contribution in [1.29, 1.82) is 5.26 Å². The van der Waals surface area contributed by atoms with Gasteiger partial charge in [0.2, 0.25) is 0 Å². The third kappa shape index (κ3) is 3.03. The van der Waals surface area contributed by atoms with Gasteiger partial charge in [-0.05, 0) is 41.5 Å². The van der Waals surface area contributed by atoms with Gasteiger partial charge in [-0.15, -0.1) is 0 Å². The largest absolute Gasteiger partial charge is 0.478 e. The second-order valence-electron chi connectivity index (χ2n) is 4.25. The molecule has 0 radical (unpaired) electrons. The average Bonchev–Trinajstić information content (AvgIpc) is 2.45. The molecule has 0 heterocycles. The summed E-state index contributed by atoms with van der Waals surface area (Å²) < 4.78 is 39.0. The van der Waals surface area contributed by atoms with E-state index in [1.54, 1.807) is 0 Å². The van der Waals surface area contributed by atoms with Gasteiger partial charge in [0.15, 0.2) is 0 Å². The highest BCUT2D eigenvalue weighted by molar-refractivity contribution is 5.90. The molecule has 0 amide bonds. The van der Waals surface area contributed by atoms with E-state index in [2.05, 4.69) is 0 Å². The van der Waals surface area contributed by atoms with E-state index in [0.29, 0.717) is 5.56 Å². The fraction of sp³-hybridized carbons (Fsp3) is 0.0667. The van der Waals surface area contributed by atoms with Gasteiger partial charge >= 0.3 is 12.1 Å². The minimum absolute atomic E-state index is 0.199. The lowest BCUT2D eigenvalue weighted by Crippen LogP contribution is -2.09. The van der Waals surface area contributed by atoms with Crippen molar-refractivity contribution in [2.75, 3.05) is 0 Å². The molecule has 0 aliphatic carbocycles. The van der Waals surface area contributed by atoms with E-state index in [1.807, 2.05) is 6.07 Å². The molecule has 0 aliphatic heterocycles. The Bertz CT molecular complexity index is 728. The van der Waals surface area contributed by atoms with E-state index in [9.17, 15) is 18.0 Å². The molecular formula is C15H8F3NO2. The molecule has 0 aliphatic rings. The standard InChI is InChI=1S/C15H8F3NO2/c16-15(17,18)13-6-5-11(14(20)21)7-12(13)10-3-1-9(8-19)2-4-10/h1-7H,(H,20,21). The van der Waals surface area contributed by atoms with Crippen LogP contribution in [0.5, 0.6) is 0 Å². The van der Waals surface area contributed by atoms with Crippen LogP contribution in [0.25, 0.3) is 11.1 Å². The van der Waals surface area contributed by atoms with Gasteiger partial charge in [-0.25, -0.2) is 4.79 Å². The summed E-state index contributed by atoms with van der Waals surface area (Å²) in [7, 11) is 0. The number of carboxylic acid groups (broad SMARTS) is 1. The van der Waals surface area contributed by atoms with Crippen LogP contribution in [0, 0.1) is 11.3 Å². The van der Waals surface area contributed by atoms with Crippen molar-refractivity contribution in [3.05, 3.63) is 59.2 Å². The van der Waals surface area contributed by atoms with Gasteiger partial charge in [0.05, 0.1) is 22.8 Å². The molecule has 2 aromatic carbocycles. The van der Waals surface area contributed by atoms with Gasteiger partial charge < -0.3 is 5.11 Å². The Kier molecular flexibility index (Phi) is 3.68. The van der Waals surface area contributed by atoms with E-state index >= 15 is 0 Å². The first-order valence-electron chi connectivity index (χ1n) is 5.78. The van der Waals surface area contributed by atoms with Gasteiger partial charge in [-0.2, -0.15) is 18.4 Å². The van der Waals surface area contributed by atoms with Gasteiger partial charge in [0.25, 0.3) is 0 Å². The summed E-state index contributed by atoms with van der Waals surface area (Å²) in [6, 6.07) is 9.97. The number of nitriles is 1. The van der Waals surface area contributed by atoms with Crippen LogP contribution in [-0.2, 0) is 6.18 Å². The minimum Gasteiger partial charge on any atom is -0.478 e. The van der Waals surface area contributed by atoms with E-state index in [1.165, 1.54) is 24.3 Å². The zero-order valence-electron chi connectivity index (χ0n) is 10.5. The lowest BCUT2D eigenvalue weighted by atomic mass is 9.96. The summed E-state index contributed by atoms with van der Waals surface area (Å²) in [6.07, 6.45) is -4.60. The molecule has 0 saturated carbocycles. The molecule has 2 rings (SSSR count). The maximum Gasteiger partial charge on any atom is 0.417 e. The Hall–Kier alpha value is -2.81. The molecule has 0 atom stereocenters. The number of carboxylic acids is 1. The predicted molar refractivity (Wildman–Crippen MR) is 68.6 cm³/mol. The number of benzene rings is 2. The third-order valence-electron chi connectivity index (χ3n) is 2.90. The van der Waals surface area contributed by atoms with Crippen LogP contribution in [0.3, 0.4) is 0 Å². The molecule has 0 unspecified atom stereocenters. The van der Waals surface area contributed by atoms with Gasteiger partial charge in [0, 0.05) is 0 Å². The number of rotatable bonds is 2. The molecule has 0 spiro atoms. The molecule has 3 nitrogen and oxygen atoms in total. The van der Waals surface area contributed by atoms with Crippen LogP contribution in [0.2, 0.25) is 0 Å². The van der Waals surface area contributed by atoms with Gasteiger partial charge in [-0.3, -0.25) is 0 Å². The second-order valence-corrected chi connectivity index (χ2v) is 4.25. The Morgan fingerprint density at radius 2 is 1.71 bits per heavy atom. The number of hydrogen-bond donors (Lipinski definition) is 1. The molecule has 0 fully saturated rings.